The maximum Gasteiger partial charge on any atom is 0.246 e. The number of hydrogen-bond acceptors (Lipinski definition) is 5. The first-order chi connectivity index (χ1) is 16.2. The van der Waals surface area contributed by atoms with Gasteiger partial charge in [0.15, 0.2) is 0 Å². The van der Waals surface area contributed by atoms with Crippen LogP contribution in [0.25, 0.3) is 27.7 Å². The van der Waals surface area contributed by atoms with Gasteiger partial charge in [-0.05, 0) is 61.6 Å². The lowest BCUT2D eigenvalue weighted by molar-refractivity contribution is -0.135. The highest BCUT2D eigenvalue weighted by atomic mass is 32.1. The van der Waals surface area contributed by atoms with Crippen LogP contribution in [0.4, 0.5) is 0 Å². The van der Waals surface area contributed by atoms with E-state index in [1.165, 1.54) is 6.08 Å². The van der Waals surface area contributed by atoms with Crippen LogP contribution in [-0.2, 0) is 16.0 Å². The van der Waals surface area contributed by atoms with Gasteiger partial charge >= 0.3 is 0 Å². The minimum Gasteiger partial charge on any atom is -0.354 e. The molecule has 0 unspecified atom stereocenters. The number of carbonyl (C=O) groups is 2. The van der Waals surface area contributed by atoms with E-state index in [1.54, 1.807) is 21.9 Å². The molecule has 0 aromatic carbocycles. The summed E-state index contributed by atoms with van der Waals surface area (Å²) in [6.45, 7) is 4.67. The van der Waals surface area contributed by atoms with E-state index >= 15 is 0 Å². The number of hydrogen-bond donors (Lipinski definition) is 2. The van der Waals surface area contributed by atoms with Crippen molar-refractivity contribution in [3.05, 3.63) is 61.2 Å². The normalized spacial score (nSPS) is 15.4. The fourth-order valence-electron chi connectivity index (χ4n) is 4.52. The Bertz CT molecular complexity index is 1350. The summed E-state index contributed by atoms with van der Waals surface area (Å²) in [6.07, 6.45) is 9.67. The molecule has 9 nitrogen and oxygen atoms in total. The first-order valence-electron chi connectivity index (χ1n) is 11.1. The summed E-state index contributed by atoms with van der Waals surface area (Å²) in [5.74, 6) is -0.277. The fourth-order valence-corrected chi connectivity index (χ4v) is 4.52. The molecule has 0 radical (unpaired) electrons. The number of aryl methyl sites for hydroxylation is 1. The average Bonchev–Trinajstić information content (AvgIpc) is 3.58. The van der Waals surface area contributed by atoms with Crippen LogP contribution in [0.1, 0.15) is 25.0 Å². The molecule has 0 saturated carbocycles. The smallest absolute Gasteiger partial charge is 0.246 e. The Kier molecular flexibility index (Phi) is 6.97. The van der Waals surface area contributed by atoms with Crippen molar-refractivity contribution in [1.82, 2.24) is 35.0 Å². The van der Waals surface area contributed by atoms with Crippen LogP contribution in [0.15, 0.2) is 55.5 Å². The van der Waals surface area contributed by atoms with Gasteiger partial charge in [-0.15, -0.1) is 0 Å². The molecule has 4 aromatic rings. The zero-order chi connectivity index (χ0) is 22.8. The summed E-state index contributed by atoms with van der Waals surface area (Å²) in [5.41, 5.74) is 4.86. The third-order valence-corrected chi connectivity index (χ3v) is 6.12. The number of likely N-dealkylation sites (tertiary alicyclic amines) is 1. The second-order valence-corrected chi connectivity index (χ2v) is 8.16. The van der Waals surface area contributed by atoms with Crippen molar-refractivity contribution in [2.24, 2.45) is 0 Å². The maximum absolute atomic E-state index is 12.5. The minimum absolute atomic E-state index is 0. The maximum atomic E-state index is 12.5. The summed E-state index contributed by atoms with van der Waals surface area (Å²) >= 11 is 0. The zero-order valence-electron chi connectivity index (χ0n) is 18.7. The molecular weight excluding hydrogens is 450 g/mol. The standard InChI is InChI=1S/C24H25N7O2.H2S/c1-2-22(32)30-13-5-8-21(30)24(33)26-10-3-6-16-14-18-17(9-12-25-23(18)29-16)19-15-28-31-20(19)7-4-11-27-31;/h2,4,7,9,11-12,14-15,21H,1,3,5-6,8,10,13H2,(H,25,29)(H,26,33);1H2/t21-;/m0./s1. The van der Waals surface area contributed by atoms with Crippen LogP contribution in [0, 0.1) is 0 Å². The third-order valence-electron chi connectivity index (χ3n) is 6.12. The largest absolute Gasteiger partial charge is 0.354 e. The first kappa shape index (κ1) is 23.5. The van der Waals surface area contributed by atoms with Gasteiger partial charge in [0.1, 0.15) is 11.7 Å². The molecule has 1 atom stereocenters. The van der Waals surface area contributed by atoms with Crippen LogP contribution in [-0.4, -0.2) is 60.6 Å². The Balaban J connectivity index is 0.00000274. The molecule has 0 spiro atoms. The Labute approximate surface area is 203 Å². The van der Waals surface area contributed by atoms with Gasteiger partial charge in [0.05, 0.1) is 11.7 Å². The van der Waals surface area contributed by atoms with E-state index in [9.17, 15) is 9.59 Å². The topological polar surface area (TPSA) is 108 Å². The molecule has 4 aromatic heterocycles. The van der Waals surface area contributed by atoms with Gasteiger partial charge in [-0.25, -0.2) is 4.98 Å². The Morgan fingerprint density at radius 2 is 2.12 bits per heavy atom. The van der Waals surface area contributed by atoms with E-state index in [0.717, 1.165) is 52.6 Å². The average molecular weight is 478 g/mol. The van der Waals surface area contributed by atoms with E-state index in [4.69, 9.17) is 0 Å². The number of rotatable bonds is 7. The molecule has 10 heteroatoms. The van der Waals surface area contributed by atoms with Crippen molar-refractivity contribution in [3.8, 4) is 11.1 Å². The van der Waals surface area contributed by atoms with Crippen LogP contribution in [0.2, 0.25) is 0 Å². The van der Waals surface area contributed by atoms with Crippen LogP contribution in [0.3, 0.4) is 0 Å². The number of pyridine rings is 1. The van der Waals surface area contributed by atoms with Crippen LogP contribution >= 0.6 is 13.5 Å². The Hall–Kier alpha value is -3.66. The molecule has 2 N–H and O–H groups in total. The predicted molar refractivity (Wildman–Crippen MR) is 135 cm³/mol. The molecule has 1 saturated heterocycles. The number of aromatic amines is 1. The van der Waals surface area contributed by atoms with E-state index < -0.39 is 6.04 Å². The molecular formula is C24H27N7O2S. The molecule has 2 amide bonds. The van der Waals surface area contributed by atoms with E-state index in [-0.39, 0.29) is 25.3 Å². The number of H-pyrrole nitrogens is 1. The SMILES string of the molecule is C=CC(=O)N1CCC[C@H]1C(=O)NCCCc1cc2c(-c3cnn4ncccc34)ccnc2[nH]1.S. The monoisotopic (exact) mass is 477 g/mol. The molecule has 5 heterocycles. The highest BCUT2D eigenvalue weighted by molar-refractivity contribution is 7.59. The molecule has 5 rings (SSSR count). The van der Waals surface area contributed by atoms with Crippen molar-refractivity contribution in [1.29, 1.82) is 0 Å². The minimum atomic E-state index is -0.393. The van der Waals surface area contributed by atoms with Crippen LogP contribution < -0.4 is 5.32 Å². The van der Waals surface area contributed by atoms with Crippen molar-refractivity contribution >= 4 is 41.9 Å². The van der Waals surface area contributed by atoms with Crippen molar-refractivity contribution in [3.63, 3.8) is 0 Å². The van der Waals surface area contributed by atoms with Gasteiger partial charge in [-0.2, -0.15) is 28.3 Å². The lowest BCUT2D eigenvalue weighted by atomic mass is 10.1. The molecule has 176 valence electrons. The summed E-state index contributed by atoms with van der Waals surface area (Å²) in [4.78, 5) is 33.9. The summed E-state index contributed by atoms with van der Waals surface area (Å²) in [7, 11) is 0. The number of fused-ring (bicyclic) bond motifs is 2. The molecule has 0 aliphatic carbocycles. The van der Waals surface area contributed by atoms with Gasteiger partial charge in [0.25, 0.3) is 0 Å². The first-order valence-corrected chi connectivity index (χ1v) is 11.1. The highest BCUT2D eigenvalue weighted by Gasteiger charge is 2.32. The number of carbonyl (C=O) groups excluding carboxylic acids is 2. The molecule has 1 aliphatic heterocycles. The van der Waals surface area contributed by atoms with Crippen molar-refractivity contribution in [2.75, 3.05) is 13.1 Å². The number of nitrogens with one attached hydrogen (secondary N) is 2. The van der Waals surface area contributed by atoms with E-state index in [1.807, 2.05) is 24.4 Å². The van der Waals surface area contributed by atoms with Crippen molar-refractivity contribution in [2.45, 2.75) is 31.7 Å². The summed E-state index contributed by atoms with van der Waals surface area (Å²) in [6, 6.07) is 7.60. The van der Waals surface area contributed by atoms with Crippen LogP contribution in [0.5, 0.6) is 0 Å². The van der Waals surface area contributed by atoms with Gasteiger partial charge < -0.3 is 15.2 Å². The van der Waals surface area contributed by atoms with Crippen molar-refractivity contribution < 1.29 is 9.59 Å². The molecule has 0 bridgehead atoms. The summed E-state index contributed by atoms with van der Waals surface area (Å²) < 4.78 is 1.62. The quantitative estimate of drug-likeness (QED) is 0.314. The Morgan fingerprint density at radius 3 is 2.97 bits per heavy atom. The summed E-state index contributed by atoms with van der Waals surface area (Å²) in [5, 5.41) is 12.6. The third kappa shape index (κ3) is 4.41. The number of nitrogens with zero attached hydrogens (tertiary/aromatic N) is 5. The fraction of sp³-hybridized carbons (Fsp3) is 0.292. The zero-order valence-corrected chi connectivity index (χ0v) is 19.7. The predicted octanol–water partition coefficient (Wildman–Crippen LogP) is 2.61. The van der Waals surface area contributed by atoms with E-state index in [0.29, 0.717) is 19.5 Å². The Morgan fingerprint density at radius 1 is 1.24 bits per heavy atom. The molecule has 34 heavy (non-hydrogen) atoms. The van der Waals surface area contributed by atoms with Gasteiger partial charge in [0, 0.05) is 42.1 Å². The van der Waals surface area contributed by atoms with Gasteiger partial charge in [-0.1, -0.05) is 6.58 Å². The highest BCUT2D eigenvalue weighted by Crippen LogP contribution is 2.31. The molecule has 1 fully saturated rings. The number of amides is 2. The molecule has 1 aliphatic rings. The second kappa shape index (κ2) is 10.1. The lowest BCUT2D eigenvalue weighted by Gasteiger charge is -2.22. The number of aromatic nitrogens is 5. The van der Waals surface area contributed by atoms with Gasteiger partial charge in [-0.3, -0.25) is 9.59 Å². The van der Waals surface area contributed by atoms with E-state index in [2.05, 4.69) is 38.1 Å². The van der Waals surface area contributed by atoms with Gasteiger partial charge in [0.2, 0.25) is 11.8 Å². The lowest BCUT2D eigenvalue weighted by Crippen LogP contribution is -2.45. The second-order valence-electron chi connectivity index (χ2n) is 8.16.